The van der Waals surface area contributed by atoms with Crippen LogP contribution in [0.3, 0.4) is 0 Å². The Hall–Kier alpha value is -0.170. The summed E-state index contributed by atoms with van der Waals surface area (Å²) in [5.74, 6) is 0. The third kappa shape index (κ3) is 6.09. The van der Waals surface area contributed by atoms with Crippen LogP contribution < -0.4 is 5.14 Å². The highest BCUT2D eigenvalue weighted by Crippen LogP contribution is 2.12. The van der Waals surface area contributed by atoms with Crippen molar-refractivity contribution >= 4 is 10.0 Å². The van der Waals surface area contributed by atoms with Crippen LogP contribution in [-0.4, -0.2) is 40.6 Å². The maximum atomic E-state index is 11.1. The number of primary sulfonamides is 1. The Morgan fingerprint density at radius 3 is 2.20 bits per heavy atom. The van der Waals surface area contributed by atoms with Crippen LogP contribution in [-0.2, 0) is 19.5 Å². The minimum Gasteiger partial charge on any atom is -0.382 e. The first kappa shape index (κ1) is 14.8. The SMILES string of the molecule is CCC(CCC(COC)OC)S(N)(=O)=O. The fraction of sp³-hybridized carbons (Fsp3) is 1.00. The van der Waals surface area contributed by atoms with Crippen LogP contribution in [0.5, 0.6) is 0 Å². The second-order valence-electron chi connectivity index (χ2n) is 3.51. The lowest BCUT2D eigenvalue weighted by Gasteiger charge is -2.17. The van der Waals surface area contributed by atoms with Crippen LogP contribution in [0.1, 0.15) is 26.2 Å². The molecule has 0 aromatic carbocycles. The van der Waals surface area contributed by atoms with Crippen LogP contribution in [0.15, 0.2) is 0 Å². The number of sulfonamides is 1. The summed E-state index contributed by atoms with van der Waals surface area (Å²) in [7, 11) is -0.259. The van der Waals surface area contributed by atoms with Gasteiger partial charge in [-0.3, -0.25) is 0 Å². The van der Waals surface area contributed by atoms with Gasteiger partial charge in [-0.25, -0.2) is 13.6 Å². The molecular formula is C9H21NO4S. The van der Waals surface area contributed by atoms with Gasteiger partial charge in [-0.2, -0.15) is 0 Å². The third-order valence-corrected chi connectivity index (χ3v) is 3.91. The van der Waals surface area contributed by atoms with Crippen LogP contribution in [0.4, 0.5) is 0 Å². The topological polar surface area (TPSA) is 78.6 Å². The zero-order valence-electron chi connectivity index (χ0n) is 9.60. The zero-order chi connectivity index (χ0) is 11.9. The van der Waals surface area contributed by atoms with E-state index in [4.69, 9.17) is 14.6 Å². The van der Waals surface area contributed by atoms with E-state index in [0.29, 0.717) is 25.9 Å². The van der Waals surface area contributed by atoms with Gasteiger partial charge in [0.2, 0.25) is 10.0 Å². The molecule has 0 aliphatic heterocycles. The van der Waals surface area contributed by atoms with Crippen molar-refractivity contribution in [1.82, 2.24) is 0 Å². The van der Waals surface area contributed by atoms with Crippen molar-refractivity contribution in [3.63, 3.8) is 0 Å². The van der Waals surface area contributed by atoms with Crippen molar-refractivity contribution in [2.24, 2.45) is 5.14 Å². The summed E-state index contributed by atoms with van der Waals surface area (Å²) in [6.45, 7) is 2.28. The summed E-state index contributed by atoms with van der Waals surface area (Å²) in [6.07, 6.45) is 1.62. The van der Waals surface area contributed by atoms with E-state index in [-0.39, 0.29) is 6.10 Å². The molecule has 0 saturated carbocycles. The van der Waals surface area contributed by atoms with Gasteiger partial charge >= 0.3 is 0 Å². The average molecular weight is 239 g/mol. The van der Waals surface area contributed by atoms with Gasteiger partial charge in [0.05, 0.1) is 18.0 Å². The maximum Gasteiger partial charge on any atom is 0.211 e. The van der Waals surface area contributed by atoms with Gasteiger partial charge in [-0.1, -0.05) is 6.92 Å². The molecule has 2 unspecified atom stereocenters. The van der Waals surface area contributed by atoms with E-state index >= 15 is 0 Å². The predicted molar refractivity (Wildman–Crippen MR) is 59.1 cm³/mol. The molecule has 92 valence electrons. The monoisotopic (exact) mass is 239 g/mol. The van der Waals surface area contributed by atoms with Gasteiger partial charge in [-0.15, -0.1) is 0 Å². The van der Waals surface area contributed by atoms with Gasteiger partial charge in [0, 0.05) is 14.2 Å². The number of rotatable bonds is 8. The summed E-state index contributed by atoms with van der Waals surface area (Å²) >= 11 is 0. The Labute approximate surface area is 92.0 Å². The predicted octanol–water partition coefficient (Wildman–Crippen LogP) is 0.495. The second-order valence-corrected chi connectivity index (χ2v) is 5.35. The molecule has 0 spiro atoms. The molecule has 0 fully saturated rings. The molecule has 0 aliphatic carbocycles. The molecule has 2 atom stereocenters. The van der Waals surface area contributed by atoms with E-state index in [2.05, 4.69) is 0 Å². The number of hydrogen-bond donors (Lipinski definition) is 1. The number of nitrogens with two attached hydrogens (primary N) is 1. The van der Waals surface area contributed by atoms with E-state index < -0.39 is 15.3 Å². The van der Waals surface area contributed by atoms with E-state index in [9.17, 15) is 8.42 Å². The Morgan fingerprint density at radius 2 is 1.87 bits per heavy atom. The molecule has 0 bridgehead atoms. The minimum absolute atomic E-state index is 0.0641. The normalized spacial score (nSPS) is 16.3. The Kier molecular flexibility index (Phi) is 7.08. The van der Waals surface area contributed by atoms with Gasteiger partial charge in [0.15, 0.2) is 0 Å². The van der Waals surface area contributed by atoms with Crippen molar-refractivity contribution in [1.29, 1.82) is 0 Å². The van der Waals surface area contributed by atoms with Crippen molar-refractivity contribution in [3.05, 3.63) is 0 Å². The summed E-state index contributed by atoms with van der Waals surface area (Å²) in [5, 5.41) is 4.61. The fourth-order valence-corrected chi connectivity index (χ4v) is 2.36. The molecule has 0 aliphatic rings. The van der Waals surface area contributed by atoms with Crippen molar-refractivity contribution in [3.8, 4) is 0 Å². The molecule has 0 aromatic heterocycles. The Balaban J connectivity index is 4.10. The van der Waals surface area contributed by atoms with E-state index in [1.807, 2.05) is 6.92 Å². The lowest BCUT2D eigenvalue weighted by atomic mass is 10.1. The third-order valence-electron chi connectivity index (χ3n) is 2.42. The number of ether oxygens (including phenoxy) is 2. The lowest BCUT2D eigenvalue weighted by molar-refractivity contribution is 0.0222. The van der Waals surface area contributed by atoms with E-state index in [0.717, 1.165) is 0 Å². The first-order valence-electron chi connectivity index (χ1n) is 4.99. The van der Waals surface area contributed by atoms with E-state index in [1.165, 1.54) is 0 Å². The van der Waals surface area contributed by atoms with Crippen molar-refractivity contribution in [2.75, 3.05) is 20.8 Å². The quantitative estimate of drug-likeness (QED) is 0.669. The summed E-state index contributed by atoms with van der Waals surface area (Å²) < 4.78 is 32.3. The van der Waals surface area contributed by atoms with Crippen LogP contribution in [0, 0.1) is 0 Å². The fourth-order valence-electron chi connectivity index (χ4n) is 1.43. The molecular weight excluding hydrogens is 218 g/mol. The van der Waals surface area contributed by atoms with Gasteiger partial charge < -0.3 is 9.47 Å². The average Bonchev–Trinajstić information content (AvgIpc) is 2.15. The van der Waals surface area contributed by atoms with Gasteiger partial charge in [0.25, 0.3) is 0 Å². The van der Waals surface area contributed by atoms with Crippen LogP contribution in [0.2, 0.25) is 0 Å². The lowest BCUT2D eigenvalue weighted by Crippen LogP contribution is -2.30. The van der Waals surface area contributed by atoms with Gasteiger partial charge in [-0.05, 0) is 19.3 Å². The minimum atomic E-state index is -3.43. The van der Waals surface area contributed by atoms with E-state index in [1.54, 1.807) is 14.2 Å². The molecule has 2 N–H and O–H groups in total. The highest BCUT2D eigenvalue weighted by molar-refractivity contribution is 7.89. The molecule has 0 rings (SSSR count). The molecule has 0 aromatic rings. The summed E-state index contributed by atoms with van der Waals surface area (Å²) in [4.78, 5) is 0. The number of hydrogen-bond acceptors (Lipinski definition) is 4. The van der Waals surface area contributed by atoms with Crippen molar-refractivity contribution in [2.45, 2.75) is 37.5 Å². The Morgan fingerprint density at radius 1 is 1.27 bits per heavy atom. The first-order valence-corrected chi connectivity index (χ1v) is 6.60. The highest BCUT2D eigenvalue weighted by atomic mass is 32.2. The zero-order valence-corrected chi connectivity index (χ0v) is 10.4. The molecule has 6 heteroatoms. The molecule has 5 nitrogen and oxygen atoms in total. The summed E-state index contributed by atoms with van der Waals surface area (Å²) in [6, 6.07) is 0. The smallest absolute Gasteiger partial charge is 0.211 e. The molecule has 0 saturated heterocycles. The Bertz CT molecular complexity index is 253. The van der Waals surface area contributed by atoms with Crippen molar-refractivity contribution < 1.29 is 17.9 Å². The molecule has 0 heterocycles. The van der Waals surface area contributed by atoms with Crippen LogP contribution >= 0.6 is 0 Å². The summed E-state index contributed by atoms with van der Waals surface area (Å²) in [5.41, 5.74) is 0. The standard InChI is InChI=1S/C9H21NO4S/c1-4-9(15(10,11)12)6-5-8(14-3)7-13-2/h8-9H,4-7H2,1-3H3,(H2,10,11,12). The van der Waals surface area contributed by atoms with Gasteiger partial charge in [0.1, 0.15) is 0 Å². The van der Waals surface area contributed by atoms with Crippen LogP contribution in [0.25, 0.3) is 0 Å². The number of methoxy groups -OCH3 is 2. The highest BCUT2D eigenvalue weighted by Gasteiger charge is 2.20. The molecule has 0 amide bonds. The second kappa shape index (κ2) is 7.16. The maximum absolute atomic E-state index is 11.1. The molecule has 15 heavy (non-hydrogen) atoms. The molecule has 0 radical (unpaired) electrons. The first-order chi connectivity index (χ1) is 6.95. The largest absolute Gasteiger partial charge is 0.382 e.